The van der Waals surface area contributed by atoms with Crippen molar-refractivity contribution in [3.05, 3.63) is 75.8 Å². The topological polar surface area (TPSA) is 90.6 Å². The summed E-state index contributed by atoms with van der Waals surface area (Å²) in [5, 5.41) is 0.815. The molecule has 0 saturated carbocycles. The van der Waals surface area contributed by atoms with Crippen LogP contribution in [0.25, 0.3) is 17.4 Å². The highest BCUT2D eigenvalue weighted by atomic mass is 35.5. The lowest BCUT2D eigenvalue weighted by Gasteiger charge is -2.14. The number of hydrogen-bond donors (Lipinski definition) is 0. The fraction of sp³-hybridized carbons (Fsp3) is 0.192. The van der Waals surface area contributed by atoms with Crippen molar-refractivity contribution in [3.8, 4) is 17.1 Å². The lowest BCUT2D eigenvalue weighted by Crippen LogP contribution is -2.32. The molecule has 186 valence electrons. The van der Waals surface area contributed by atoms with Crippen LogP contribution in [0.15, 0.2) is 68.9 Å². The number of hydrogen-bond acceptors (Lipinski definition) is 8. The van der Waals surface area contributed by atoms with Gasteiger partial charge in [0, 0.05) is 24.8 Å². The van der Waals surface area contributed by atoms with E-state index in [0.29, 0.717) is 51.7 Å². The van der Waals surface area contributed by atoms with Crippen molar-refractivity contribution in [2.45, 2.75) is 0 Å². The predicted octanol–water partition coefficient (Wildman–Crippen LogP) is 5.65. The van der Waals surface area contributed by atoms with Gasteiger partial charge in [0.1, 0.15) is 17.3 Å². The van der Waals surface area contributed by atoms with Crippen LogP contribution in [0, 0.1) is 0 Å². The Balaban J connectivity index is 1.62. The number of aliphatic imine (C=N–C) groups is 1. The van der Waals surface area contributed by atoms with Crippen LogP contribution in [-0.2, 0) is 14.3 Å². The molecule has 0 spiro atoms. The fourth-order valence-corrected chi connectivity index (χ4v) is 4.62. The highest BCUT2D eigenvalue weighted by Crippen LogP contribution is 2.35. The third kappa shape index (κ3) is 5.64. The van der Waals surface area contributed by atoms with Crippen LogP contribution < -0.4 is 4.74 Å². The molecule has 10 heteroatoms. The molecule has 2 aromatic carbocycles. The molecule has 0 atom stereocenters. The van der Waals surface area contributed by atoms with E-state index < -0.39 is 5.97 Å². The van der Waals surface area contributed by atoms with Crippen LogP contribution in [0.3, 0.4) is 0 Å². The summed E-state index contributed by atoms with van der Waals surface area (Å²) in [6.07, 6.45) is 1.67. The quantitative estimate of drug-likeness (QED) is 0.277. The van der Waals surface area contributed by atoms with Crippen LogP contribution in [0.5, 0.6) is 5.75 Å². The van der Waals surface area contributed by atoms with E-state index in [1.54, 1.807) is 61.6 Å². The molecule has 1 fully saturated rings. The summed E-state index contributed by atoms with van der Waals surface area (Å²) >= 11 is 7.37. The largest absolute Gasteiger partial charge is 0.497 e. The predicted molar refractivity (Wildman–Crippen MR) is 140 cm³/mol. The number of carbonyl (C=O) groups is 2. The molecule has 0 radical (unpaired) electrons. The Labute approximate surface area is 217 Å². The lowest BCUT2D eigenvalue weighted by molar-refractivity contribution is -0.122. The van der Waals surface area contributed by atoms with Gasteiger partial charge in [-0.1, -0.05) is 17.7 Å². The standard InChI is InChI=1S/C26H23ClN2O6S/c1-32-12-11-29-24(30)23(36-26(29)28-17-5-4-6-18(14-17)33-2)15-19-8-10-22(35-19)16-7-9-21(27)20(13-16)25(31)34-3/h4-10,13-15H,11-12H2,1-3H3/b23-15+,28-26?. The summed E-state index contributed by atoms with van der Waals surface area (Å²) in [5.41, 5.74) is 1.55. The van der Waals surface area contributed by atoms with Crippen molar-refractivity contribution in [2.24, 2.45) is 4.99 Å². The van der Waals surface area contributed by atoms with E-state index in [9.17, 15) is 9.59 Å². The van der Waals surface area contributed by atoms with E-state index >= 15 is 0 Å². The van der Waals surface area contributed by atoms with Crippen LogP contribution in [-0.4, -0.2) is 56.4 Å². The number of esters is 1. The SMILES string of the molecule is COCCN1C(=O)/C(=C\c2ccc(-c3ccc(Cl)c(C(=O)OC)c3)o2)SC1=Nc1cccc(OC)c1. The number of nitrogens with zero attached hydrogens (tertiary/aromatic N) is 2. The van der Waals surface area contributed by atoms with E-state index in [2.05, 4.69) is 4.99 Å². The maximum atomic E-state index is 13.2. The van der Waals surface area contributed by atoms with Gasteiger partial charge in [0.15, 0.2) is 5.17 Å². The summed E-state index contributed by atoms with van der Waals surface area (Å²) in [4.78, 5) is 31.8. The number of halogens is 1. The molecule has 8 nitrogen and oxygen atoms in total. The zero-order valence-electron chi connectivity index (χ0n) is 19.8. The molecular weight excluding hydrogens is 504 g/mol. The van der Waals surface area contributed by atoms with Crippen molar-refractivity contribution in [1.29, 1.82) is 0 Å². The second-order valence-electron chi connectivity index (χ2n) is 7.54. The number of amides is 1. The van der Waals surface area contributed by atoms with Crippen molar-refractivity contribution in [2.75, 3.05) is 34.5 Å². The van der Waals surface area contributed by atoms with Gasteiger partial charge in [-0.25, -0.2) is 9.79 Å². The second kappa shape index (κ2) is 11.5. The molecule has 0 bridgehead atoms. The number of methoxy groups -OCH3 is 3. The van der Waals surface area contributed by atoms with Crippen LogP contribution in [0.2, 0.25) is 5.02 Å². The second-order valence-corrected chi connectivity index (χ2v) is 8.96. The lowest BCUT2D eigenvalue weighted by atomic mass is 10.1. The zero-order valence-corrected chi connectivity index (χ0v) is 21.4. The van der Waals surface area contributed by atoms with Gasteiger partial charge in [0.05, 0.1) is 48.5 Å². The number of amidine groups is 1. The zero-order chi connectivity index (χ0) is 25.7. The van der Waals surface area contributed by atoms with E-state index in [4.69, 9.17) is 30.2 Å². The summed E-state index contributed by atoms with van der Waals surface area (Å²) in [6, 6.07) is 15.8. The van der Waals surface area contributed by atoms with E-state index in [1.807, 2.05) is 18.2 Å². The summed E-state index contributed by atoms with van der Waals surface area (Å²) in [6.45, 7) is 0.716. The number of furan rings is 1. The third-order valence-corrected chi connectivity index (χ3v) is 6.58. The molecule has 1 amide bonds. The molecule has 0 unspecified atom stereocenters. The first-order valence-electron chi connectivity index (χ1n) is 10.8. The normalized spacial score (nSPS) is 15.7. The number of ether oxygens (including phenoxy) is 3. The minimum atomic E-state index is -0.539. The van der Waals surface area contributed by atoms with Crippen molar-refractivity contribution in [3.63, 3.8) is 0 Å². The Hall–Kier alpha value is -3.53. The Morgan fingerprint density at radius 1 is 1.14 bits per heavy atom. The van der Waals surface area contributed by atoms with Gasteiger partial charge in [-0.15, -0.1) is 0 Å². The molecule has 1 aromatic heterocycles. The molecule has 1 saturated heterocycles. The van der Waals surface area contributed by atoms with Gasteiger partial charge in [-0.2, -0.15) is 0 Å². The minimum Gasteiger partial charge on any atom is -0.497 e. The average molecular weight is 527 g/mol. The first kappa shape index (κ1) is 25.6. The van der Waals surface area contributed by atoms with E-state index in [1.165, 1.54) is 18.9 Å². The number of carbonyl (C=O) groups excluding carboxylic acids is 2. The molecule has 1 aliphatic rings. The Bertz CT molecular complexity index is 1350. The van der Waals surface area contributed by atoms with E-state index in [0.717, 1.165) is 0 Å². The van der Waals surface area contributed by atoms with Gasteiger partial charge >= 0.3 is 5.97 Å². The maximum absolute atomic E-state index is 13.2. The van der Waals surface area contributed by atoms with Gasteiger partial charge in [-0.05, 0) is 54.2 Å². The molecular formula is C26H23ClN2O6S. The number of benzene rings is 2. The molecule has 0 N–H and O–H groups in total. The van der Waals surface area contributed by atoms with E-state index in [-0.39, 0.29) is 16.5 Å². The van der Waals surface area contributed by atoms with Crippen LogP contribution in [0.4, 0.5) is 5.69 Å². The Kier molecular flexibility index (Phi) is 8.14. The first-order valence-corrected chi connectivity index (χ1v) is 12.0. The highest BCUT2D eigenvalue weighted by molar-refractivity contribution is 8.18. The smallest absolute Gasteiger partial charge is 0.339 e. The van der Waals surface area contributed by atoms with Gasteiger partial charge in [0.25, 0.3) is 5.91 Å². The van der Waals surface area contributed by atoms with Crippen molar-refractivity contribution < 1.29 is 28.2 Å². The number of thioether (sulfide) groups is 1. The van der Waals surface area contributed by atoms with Crippen molar-refractivity contribution in [1.82, 2.24) is 4.90 Å². The van der Waals surface area contributed by atoms with Crippen molar-refractivity contribution >= 4 is 52.2 Å². The van der Waals surface area contributed by atoms with Crippen LogP contribution >= 0.6 is 23.4 Å². The molecule has 3 aromatic rings. The van der Waals surface area contributed by atoms with Gasteiger partial charge in [-0.3, -0.25) is 9.69 Å². The Morgan fingerprint density at radius 3 is 2.72 bits per heavy atom. The van der Waals surface area contributed by atoms with Crippen LogP contribution in [0.1, 0.15) is 16.1 Å². The molecule has 0 aliphatic carbocycles. The third-order valence-electron chi connectivity index (χ3n) is 5.24. The maximum Gasteiger partial charge on any atom is 0.339 e. The summed E-state index contributed by atoms with van der Waals surface area (Å²) < 4.78 is 21.2. The molecule has 1 aliphatic heterocycles. The number of rotatable bonds is 8. The monoisotopic (exact) mass is 526 g/mol. The highest BCUT2D eigenvalue weighted by Gasteiger charge is 2.33. The molecule has 36 heavy (non-hydrogen) atoms. The van der Waals surface area contributed by atoms with Gasteiger partial charge in [0.2, 0.25) is 0 Å². The first-order chi connectivity index (χ1) is 17.4. The summed E-state index contributed by atoms with van der Waals surface area (Å²) in [7, 11) is 4.46. The summed E-state index contributed by atoms with van der Waals surface area (Å²) in [5.74, 6) is 0.926. The minimum absolute atomic E-state index is 0.198. The fourth-order valence-electron chi connectivity index (χ4n) is 3.42. The Morgan fingerprint density at radius 2 is 1.97 bits per heavy atom. The van der Waals surface area contributed by atoms with Gasteiger partial charge < -0.3 is 18.6 Å². The molecule has 4 rings (SSSR count). The molecule has 2 heterocycles. The average Bonchev–Trinajstić information content (AvgIpc) is 3.47.